The Labute approximate surface area is 97.1 Å². The smallest absolute Gasteiger partial charge is 0.151 e. The van der Waals surface area contributed by atoms with E-state index in [9.17, 15) is 0 Å². The van der Waals surface area contributed by atoms with Gasteiger partial charge >= 0.3 is 0 Å². The Hall–Kier alpha value is -1.16. The highest BCUT2D eigenvalue weighted by Crippen LogP contribution is 2.21. The van der Waals surface area contributed by atoms with Gasteiger partial charge in [0.25, 0.3) is 0 Å². The number of nitrogens with one attached hydrogen (secondary N) is 1. The predicted octanol–water partition coefficient (Wildman–Crippen LogP) is 1.08. The Bertz CT molecular complexity index is 322. The molecule has 88 valence electrons. The maximum Gasteiger partial charge on any atom is 0.151 e. The standard InChI is InChI=1S/C12H20N4/c1-3-11-4-5-12(15-14-11)16-7-6-10(9-16)8-13-2/h4-5,10,13H,3,6-9H2,1-2H3. The zero-order chi connectivity index (χ0) is 11.4. The van der Waals surface area contributed by atoms with Crippen molar-refractivity contribution in [2.45, 2.75) is 19.8 Å². The molecule has 1 fully saturated rings. The van der Waals surface area contributed by atoms with Crippen molar-refractivity contribution in [3.8, 4) is 0 Å². The summed E-state index contributed by atoms with van der Waals surface area (Å²) < 4.78 is 0. The maximum absolute atomic E-state index is 4.28. The van der Waals surface area contributed by atoms with E-state index in [1.54, 1.807) is 0 Å². The first-order chi connectivity index (χ1) is 7.83. The molecule has 1 aromatic heterocycles. The van der Waals surface area contributed by atoms with Gasteiger partial charge in [-0.15, -0.1) is 5.10 Å². The van der Waals surface area contributed by atoms with E-state index in [1.165, 1.54) is 6.42 Å². The first-order valence-electron chi connectivity index (χ1n) is 6.05. The van der Waals surface area contributed by atoms with Crippen LogP contribution in [0.5, 0.6) is 0 Å². The highest BCUT2D eigenvalue weighted by Gasteiger charge is 2.22. The number of rotatable bonds is 4. The van der Waals surface area contributed by atoms with Crippen molar-refractivity contribution in [3.63, 3.8) is 0 Å². The maximum atomic E-state index is 4.28. The Morgan fingerprint density at radius 3 is 2.94 bits per heavy atom. The van der Waals surface area contributed by atoms with Crippen molar-refractivity contribution in [3.05, 3.63) is 17.8 Å². The summed E-state index contributed by atoms with van der Waals surface area (Å²) in [6, 6.07) is 4.17. The van der Waals surface area contributed by atoms with Gasteiger partial charge in [-0.2, -0.15) is 5.10 Å². The van der Waals surface area contributed by atoms with Gasteiger partial charge in [0, 0.05) is 13.1 Å². The average molecular weight is 220 g/mol. The molecule has 1 N–H and O–H groups in total. The van der Waals surface area contributed by atoms with Gasteiger partial charge in [-0.05, 0) is 44.5 Å². The first-order valence-corrected chi connectivity index (χ1v) is 6.05. The van der Waals surface area contributed by atoms with E-state index < -0.39 is 0 Å². The van der Waals surface area contributed by atoms with Crippen molar-refractivity contribution >= 4 is 5.82 Å². The van der Waals surface area contributed by atoms with Crippen LogP contribution in [0.2, 0.25) is 0 Å². The van der Waals surface area contributed by atoms with Crippen molar-refractivity contribution < 1.29 is 0 Å². The molecule has 16 heavy (non-hydrogen) atoms. The second kappa shape index (κ2) is 5.25. The predicted molar refractivity (Wildman–Crippen MR) is 65.7 cm³/mol. The van der Waals surface area contributed by atoms with E-state index in [0.29, 0.717) is 0 Å². The van der Waals surface area contributed by atoms with Crippen LogP contribution in [0.1, 0.15) is 19.0 Å². The lowest BCUT2D eigenvalue weighted by atomic mass is 10.1. The SMILES string of the molecule is CCc1ccc(N2CCC(CNC)C2)nn1. The summed E-state index contributed by atoms with van der Waals surface area (Å²) in [7, 11) is 2.01. The molecule has 1 unspecified atom stereocenters. The zero-order valence-electron chi connectivity index (χ0n) is 10.1. The topological polar surface area (TPSA) is 41.0 Å². The largest absolute Gasteiger partial charge is 0.355 e. The molecule has 4 nitrogen and oxygen atoms in total. The average Bonchev–Trinajstić information content (AvgIpc) is 2.78. The number of hydrogen-bond acceptors (Lipinski definition) is 4. The van der Waals surface area contributed by atoms with E-state index in [0.717, 1.165) is 43.5 Å². The summed E-state index contributed by atoms with van der Waals surface area (Å²) >= 11 is 0. The molecule has 1 saturated heterocycles. The molecule has 4 heteroatoms. The van der Waals surface area contributed by atoms with Gasteiger partial charge in [0.1, 0.15) is 0 Å². The van der Waals surface area contributed by atoms with Crippen molar-refractivity contribution in [1.29, 1.82) is 0 Å². The second-order valence-corrected chi connectivity index (χ2v) is 4.39. The lowest BCUT2D eigenvalue weighted by Gasteiger charge is -2.16. The monoisotopic (exact) mass is 220 g/mol. The van der Waals surface area contributed by atoms with Crippen LogP contribution in [0, 0.1) is 5.92 Å². The van der Waals surface area contributed by atoms with E-state index in [1.807, 2.05) is 7.05 Å². The molecule has 0 aliphatic carbocycles. The normalized spacial score (nSPS) is 20.4. The molecule has 0 bridgehead atoms. The molecule has 1 aromatic rings. The minimum atomic E-state index is 0.748. The minimum absolute atomic E-state index is 0.748. The van der Waals surface area contributed by atoms with Crippen LogP contribution < -0.4 is 10.2 Å². The van der Waals surface area contributed by atoms with Crippen LogP contribution in [0.15, 0.2) is 12.1 Å². The summed E-state index contributed by atoms with van der Waals surface area (Å²) in [6.45, 7) is 5.40. The van der Waals surface area contributed by atoms with Gasteiger partial charge in [0.15, 0.2) is 5.82 Å². The van der Waals surface area contributed by atoms with Crippen LogP contribution >= 0.6 is 0 Å². The fraction of sp³-hybridized carbons (Fsp3) is 0.667. The first kappa shape index (κ1) is 11.3. The molecular weight excluding hydrogens is 200 g/mol. The Balaban J connectivity index is 1.97. The summed E-state index contributed by atoms with van der Waals surface area (Å²) in [4.78, 5) is 2.33. The third-order valence-electron chi connectivity index (χ3n) is 3.17. The third kappa shape index (κ3) is 2.50. The highest BCUT2D eigenvalue weighted by molar-refractivity contribution is 5.38. The summed E-state index contributed by atoms with van der Waals surface area (Å²) in [5.41, 5.74) is 1.06. The van der Waals surface area contributed by atoms with Gasteiger partial charge < -0.3 is 10.2 Å². The van der Waals surface area contributed by atoms with Crippen molar-refractivity contribution in [1.82, 2.24) is 15.5 Å². The molecule has 1 aliphatic rings. The molecule has 1 aliphatic heterocycles. The van der Waals surface area contributed by atoms with Crippen molar-refractivity contribution in [2.75, 3.05) is 31.6 Å². The van der Waals surface area contributed by atoms with Crippen LogP contribution in [-0.2, 0) is 6.42 Å². The lowest BCUT2D eigenvalue weighted by Crippen LogP contribution is -2.25. The Morgan fingerprint density at radius 1 is 1.44 bits per heavy atom. The number of nitrogens with zero attached hydrogens (tertiary/aromatic N) is 3. The van der Waals surface area contributed by atoms with Crippen LogP contribution in [-0.4, -0.2) is 36.9 Å². The van der Waals surface area contributed by atoms with Crippen LogP contribution in [0.25, 0.3) is 0 Å². The Kier molecular flexibility index (Phi) is 3.72. The number of aromatic nitrogens is 2. The van der Waals surface area contributed by atoms with Gasteiger partial charge in [0.05, 0.1) is 5.69 Å². The summed E-state index contributed by atoms with van der Waals surface area (Å²) in [6.07, 6.45) is 2.20. The molecule has 0 amide bonds. The van der Waals surface area contributed by atoms with Gasteiger partial charge in [-0.1, -0.05) is 6.92 Å². The highest BCUT2D eigenvalue weighted by atomic mass is 15.3. The van der Waals surface area contributed by atoms with E-state index in [4.69, 9.17) is 0 Å². The van der Waals surface area contributed by atoms with Gasteiger partial charge in [0.2, 0.25) is 0 Å². The minimum Gasteiger partial charge on any atom is -0.355 e. The van der Waals surface area contributed by atoms with E-state index in [-0.39, 0.29) is 0 Å². The number of hydrogen-bond donors (Lipinski definition) is 1. The summed E-state index contributed by atoms with van der Waals surface area (Å²) in [5, 5.41) is 11.7. The fourth-order valence-electron chi connectivity index (χ4n) is 2.21. The molecule has 1 atom stereocenters. The molecule has 0 aromatic carbocycles. The second-order valence-electron chi connectivity index (χ2n) is 4.39. The Morgan fingerprint density at radius 2 is 2.31 bits per heavy atom. The van der Waals surface area contributed by atoms with Gasteiger partial charge in [-0.25, -0.2) is 0 Å². The van der Waals surface area contributed by atoms with Crippen molar-refractivity contribution in [2.24, 2.45) is 5.92 Å². The van der Waals surface area contributed by atoms with E-state index in [2.05, 4.69) is 39.5 Å². The molecular formula is C12H20N4. The molecule has 0 radical (unpaired) electrons. The van der Waals surface area contributed by atoms with Crippen LogP contribution in [0.3, 0.4) is 0 Å². The van der Waals surface area contributed by atoms with Crippen LogP contribution in [0.4, 0.5) is 5.82 Å². The van der Waals surface area contributed by atoms with Gasteiger partial charge in [-0.3, -0.25) is 0 Å². The number of anilines is 1. The lowest BCUT2D eigenvalue weighted by molar-refractivity contribution is 0.548. The molecule has 0 saturated carbocycles. The fourth-order valence-corrected chi connectivity index (χ4v) is 2.21. The zero-order valence-corrected chi connectivity index (χ0v) is 10.1. The summed E-state index contributed by atoms with van der Waals surface area (Å²) in [5.74, 6) is 1.77. The molecule has 0 spiro atoms. The number of aryl methyl sites for hydroxylation is 1. The quantitative estimate of drug-likeness (QED) is 0.824. The molecule has 2 heterocycles. The molecule has 2 rings (SSSR count). The van der Waals surface area contributed by atoms with E-state index >= 15 is 0 Å². The third-order valence-corrected chi connectivity index (χ3v) is 3.17.